The van der Waals surface area contributed by atoms with E-state index >= 15 is 0 Å². The number of aliphatic hydroxyl groups excluding tert-OH is 1. The summed E-state index contributed by atoms with van der Waals surface area (Å²) in [6.07, 6.45) is -4.38. The molecule has 7 rings (SSSR count). The lowest BCUT2D eigenvalue weighted by atomic mass is 9.78. The number of fused-ring (bicyclic) bond motifs is 2. The van der Waals surface area contributed by atoms with Crippen LogP contribution in [0.25, 0.3) is 33.4 Å². The number of aromatic nitrogens is 1. The summed E-state index contributed by atoms with van der Waals surface area (Å²) in [7, 11) is 5.48. The highest BCUT2D eigenvalue weighted by molar-refractivity contribution is 14.1. The van der Waals surface area contributed by atoms with Crippen molar-refractivity contribution in [1.82, 2.24) is 14.4 Å². The van der Waals surface area contributed by atoms with Crippen molar-refractivity contribution in [3.63, 3.8) is 0 Å². The van der Waals surface area contributed by atoms with Crippen LogP contribution in [0.3, 0.4) is 0 Å². The minimum absolute atomic E-state index is 0.0658. The van der Waals surface area contributed by atoms with Crippen LogP contribution in [0.4, 0.5) is 0 Å². The molecule has 0 unspecified atom stereocenters. The van der Waals surface area contributed by atoms with Crippen LogP contribution in [-0.2, 0) is 62.2 Å². The SMILES string of the molecule is C[C@H]1CN(C)[C@H](C)[C@@H](O)[C@](C)(O)[C@@H](I)OC(=O)[C@H](C)C(=O)[C@H](C)[C@@H](O[C@@H]2O[C@H](C)C[C@H](N(C)C)[C@H]2OC(=O)CCOC(=O)Cc2c(-c3cc4ccccc4o3)c(-c3ccccc3)c3n2CC(C)(C)C3)[C@](C)(O)C1. The van der Waals surface area contributed by atoms with Gasteiger partial charge in [-0.1, -0.05) is 76.2 Å². The normalized spacial score (nSPS) is 32.7. The fraction of sp³-hybridized carbons (Fsp3) is 0.607. The first kappa shape index (κ1) is 56.5. The number of aliphatic hydroxyl groups is 3. The summed E-state index contributed by atoms with van der Waals surface area (Å²) in [4.78, 5) is 59.6. The second-order valence-electron chi connectivity index (χ2n) is 22.5. The fourth-order valence-corrected chi connectivity index (χ4v) is 11.9. The zero-order valence-electron chi connectivity index (χ0n) is 44.4. The van der Waals surface area contributed by atoms with Gasteiger partial charge in [-0.3, -0.25) is 19.2 Å². The number of para-hydroxylation sites is 1. The van der Waals surface area contributed by atoms with Gasteiger partial charge in [-0.05, 0) is 127 Å². The van der Waals surface area contributed by atoms with Gasteiger partial charge < -0.3 is 57.8 Å². The maximum atomic E-state index is 14.3. The van der Waals surface area contributed by atoms with E-state index in [4.69, 9.17) is 28.1 Å². The molecule has 2 saturated heterocycles. The molecule has 0 amide bonds. The van der Waals surface area contributed by atoms with Crippen molar-refractivity contribution in [3.8, 4) is 22.5 Å². The molecule has 13 atom stereocenters. The standard InChI is InChI=1S/C56H76IN3O13/c1-31-27-55(8,66)50(33(3)47(63)34(4)51(65)73-53(57)56(9,67)49(64)35(5)59(12)29-31)72-52-48(39(58(10)11)24-32(2)69-52)71-43(61)22-23-68-44(62)26-38-46(42-25-37-20-16-17-21-41(37)70-42)45(36-18-14-13-15-19-36)40-28-54(6,7)30-60(38)40/h13-21,25,31-35,39,48-50,52-53,64,66-67H,22-24,26-30H2,1-12H3/t31-,32-,33+,34-,35-,39+,48-,49-,50-,52+,53+,55-,56+/m1/s1. The van der Waals surface area contributed by atoms with Crippen LogP contribution in [0, 0.1) is 23.2 Å². The number of ether oxygens (including phenoxy) is 5. The maximum absolute atomic E-state index is 14.3. The quantitative estimate of drug-likeness (QED) is 0.0442. The molecule has 2 aromatic carbocycles. The third-order valence-corrected chi connectivity index (χ3v) is 16.7. The van der Waals surface area contributed by atoms with Gasteiger partial charge in [0.25, 0.3) is 0 Å². The predicted octanol–water partition coefficient (Wildman–Crippen LogP) is 7.36. The fourth-order valence-electron chi connectivity index (χ4n) is 11.3. The first-order valence-electron chi connectivity index (χ1n) is 25.5. The number of cyclic esters (lactones) is 1. The average Bonchev–Trinajstić information content (AvgIpc) is 3.98. The van der Waals surface area contributed by atoms with Gasteiger partial charge in [-0.15, -0.1) is 0 Å². The predicted molar refractivity (Wildman–Crippen MR) is 283 cm³/mol. The van der Waals surface area contributed by atoms with Gasteiger partial charge >= 0.3 is 17.9 Å². The third kappa shape index (κ3) is 12.4. The van der Waals surface area contributed by atoms with Gasteiger partial charge in [0, 0.05) is 53.0 Å². The van der Waals surface area contributed by atoms with Crippen molar-refractivity contribution in [2.75, 3.05) is 34.3 Å². The highest BCUT2D eigenvalue weighted by Crippen LogP contribution is 2.48. The monoisotopic (exact) mass is 1130 g/mol. The van der Waals surface area contributed by atoms with Crippen LogP contribution in [0.5, 0.6) is 0 Å². The molecule has 2 fully saturated rings. The molecule has 0 radical (unpaired) electrons. The Labute approximate surface area is 443 Å². The lowest BCUT2D eigenvalue weighted by Gasteiger charge is -2.46. The van der Waals surface area contributed by atoms with Crippen LogP contribution in [-0.4, -0.2) is 146 Å². The van der Waals surface area contributed by atoms with Gasteiger partial charge in [-0.2, -0.15) is 0 Å². The van der Waals surface area contributed by atoms with Crippen molar-refractivity contribution < 1.29 is 62.6 Å². The summed E-state index contributed by atoms with van der Waals surface area (Å²) in [5.41, 5.74) is 1.83. The number of carbonyl (C=O) groups excluding carboxylic acids is 4. The molecule has 0 bridgehead atoms. The Hall–Kier alpha value is -4.21. The van der Waals surface area contributed by atoms with Gasteiger partial charge in [0.15, 0.2) is 22.3 Å². The number of likely N-dealkylation sites (N-methyl/N-ethyl adjacent to an activating group) is 2. The summed E-state index contributed by atoms with van der Waals surface area (Å²) in [5, 5.41) is 36.1. The number of carbonyl (C=O) groups is 4. The molecule has 0 saturated carbocycles. The number of Topliss-reactive ketones (excluding diaryl/α,β-unsaturated/α-hetero) is 1. The minimum atomic E-state index is -1.88. The van der Waals surface area contributed by atoms with E-state index in [0.29, 0.717) is 25.3 Å². The molecule has 3 N–H and O–H groups in total. The zero-order chi connectivity index (χ0) is 53.5. The molecule has 5 heterocycles. The van der Waals surface area contributed by atoms with E-state index in [1.807, 2.05) is 86.3 Å². The number of rotatable bonds is 11. The number of furan rings is 1. The zero-order valence-corrected chi connectivity index (χ0v) is 46.6. The van der Waals surface area contributed by atoms with Crippen LogP contribution < -0.4 is 0 Å². The van der Waals surface area contributed by atoms with Crippen LogP contribution >= 0.6 is 22.6 Å². The highest BCUT2D eigenvalue weighted by Gasteiger charge is 2.51. The van der Waals surface area contributed by atoms with Crippen molar-refractivity contribution in [2.45, 2.75) is 159 Å². The van der Waals surface area contributed by atoms with E-state index in [9.17, 15) is 34.5 Å². The smallest absolute Gasteiger partial charge is 0.317 e. The molecule has 3 aliphatic heterocycles. The van der Waals surface area contributed by atoms with E-state index < -0.39 is 93.6 Å². The van der Waals surface area contributed by atoms with Gasteiger partial charge in [0.1, 0.15) is 35.6 Å². The molecule has 0 spiro atoms. The molecule has 3 aliphatic rings. The van der Waals surface area contributed by atoms with Crippen LogP contribution in [0.15, 0.2) is 65.1 Å². The van der Waals surface area contributed by atoms with Crippen LogP contribution in [0.1, 0.15) is 93.0 Å². The Morgan fingerprint density at radius 2 is 1.60 bits per heavy atom. The van der Waals surface area contributed by atoms with E-state index in [2.05, 4.69) is 30.5 Å². The minimum Gasteiger partial charge on any atom is -0.465 e. The summed E-state index contributed by atoms with van der Waals surface area (Å²) < 4.78 is 38.3. The number of hydrogen-bond acceptors (Lipinski definition) is 15. The average molecular weight is 1130 g/mol. The molecule has 0 aliphatic carbocycles. The lowest BCUT2D eigenvalue weighted by molar-refractivity contribution is -0.296. The summed E-state index contributed by atoms with van der Waals surface area (Å²) in [6.45, 7) is 16.7. The number of alkyl halides is 1. The van der Waals surface area contributed by atoms with Crippen molar-refractivity contribution in [1.29, 1.82) is 0 Å². The Bertz CT molecular complexity index is 2570. The van der Waals surface area contributed by atoms with Gasteiger partial charge in [-0.25, -0.2) is 0 Å². The number of nitrogens with zero attached hydrogens (tertiary/aromatic N) is 3. The molecule has 4 aromatic rings. The first-order chi connectivity index (χ1) is 34.2. The second kappa shape index (κ2) is 22.6. The van der Waals surface area contributed by atoms with E-state index in [1.54, 1.807) is 50.4 Å². The molecule has 73 heavy (non-hydrogen) atoms. The number of halogens is 1. The van der Waals surface area contributed by atoms with Gasteiger partial charge in [0.05, 0.1) is 36.7 Å². The van der Waals surface area contributed by atoms with E-state index in [-0.39, 0.29) is 37.2 Å². The Balaban J connectivity index is 1.11. The first-order valence-corrected chi connectivity index (χ1v) is 26.8. The number of esters is 3. The van der Waals surface area contributed by atoms with Gasteiger partial charge in [0.2, 0.25) is 0 Å². The summed E-state index contributed by atoms with van der Waals surface area (Å²) in [6, 6.07) is 18.9. The summed E-state index contributed by atoms with van der Waals surface area (Å²) >= 11 is 1.75. The molecule has 2 aromatic heterocycles. The maximum Gasteiger partial charge on any atom is 0.317 e. The molecule has 400 valence electrons. The number of benzene rings is 2. The van der Waals surface area contributed by atoms with Crippen molar-refractivity contribution >= 4 is 57.3 Å². The molecular formula is C56H76IN3O13. The van der Waals surface area contributed by atoms with Crippen molar-refractivity contribution in [3.05, 3.63) is 72.1 Å². The number of ketones is 1. The molecule has 16 nitrogen and oxygen atoms in total. The van der Waals surface area contributed by atoms with E-state index in [0.717, 1.165) is 45.5 Å². The largest absolute Gasteiger partial charge is 0.465 e. The van der Waals surface area contributed by atoms with Crippen molar-refractivity contribution in [2.24, 2.45) is 23.2 Å². The Kier molecular flexibility index (Phi) is 17.5. The molecular weight excluding hydrogens is 1050 g/mol. The number of hydrogen-bond donors (Lipinski definition) is 3. The molecule has 17 heteroatoms. The second-order valence-corrected chi connectivity index (χ2v) is 23.6. The van der Waals surface area contributed by atoms with E-state index in [1.165, 1.54) is 13.8 Å². The van der Waals surface area contributed by atoms with Crippen LogP contribution in [0.2, 0.25) is 0 Å². The topological polar surface area (TPSA) is 200 Å². The third-order valence-electron chi connectivity index (χ3n) is 15.2. The lowest BCUT2D eigenvalue weighted by Crippen LogP contribution is -2.60. The Morgan fingerprint density at radius 1 is 0.932 bits per heavy atom. The summed E-state index contributed by atoms with van der Waals surface area (Å²) in [5.74, 6) is -4.77. The highest BCUT2D eigenvalue weighted by atomic mass is 127. The Morgan fingerprint density at radius 3 is 2.27 bits per heavy atom.